The third-order valence-electron chi connectivity index (χ3n) is 2.97. The zero-order valence-corrected chi connectivity index (χ0v) is 13.0. The zero-order chi connectivity index (χ0) is 15.9. The predicted molar refractivity (Wildman–Crippen MR) is 84.3 cm³/mol. The lowest BCUT2D eigenvalue weighted by Crippen LogP contribution is -2.09. The van der Waals surface area contributed by atoms with E-state index in [0.29, 0.717) is 17.1 Å². The van der Waals surface area contributed by atoms with Gasteiger partial charge < -0.3 is 14.2 Å². The van der Waals surface area contributed by atoms with E-state index in [-0.39, 0.29) is 12.7 Å². The topological polar surface area (TPSA) is 44.8 Å². The first kappa shape index (κ1) is 15.9. The molecule has 0 saturated carbocycles. The van der Waals surface area contributed by atoms with Crippen LogP contribution in [0.5, 0.6) is 11.5 Å². The van der Waals surface area contributed by atoms with Crippen molar-refractivity contribution in [2.45, 2.75) is 26.6 Å². The monoisotopic (exact) mass is 300 g/mol. The molecule has 4 nitrogen and oxygen atoms in total. The van der Waals surface area contributed by atoms with Gasteiger partial charge >= 0.3 is 5.97 Å². The number of benzene rings is 2. The van der Waals surface area contributed by atoms with Crippen LogP contribution in [0.15, 0.2) is 48.5 Å². The Morgan fingerprint density at radius 2 is 1.77 bits per heavy atom. The largest absolute Gasteiger partial charge is 0.493 e. The number of methoxy groups -OCH3 is 1. The van der Waals surface area contributed by atoms with E-state index in [9.17, 15) is 4.79 Å². The molecule has 0 N–H and O–H groups in total. The minimum absolute atomic E-state index is 0.0322. The molecule has 0 aliphatic carbocycles. The van der Waals surface area contributed by atoms with Crippen LogP contribution in [0, 0.1) is 0 Å². The summed E-state index contributed by atoms with van der Waals surface area (Å²) in [5, 5.41) is 0. The fraction of sp³-hybridized carbons (Fsp3) is 0.278. The zero-order valence-electron chi connectivity index (χ0n) is 13.0. The second-order valence-corrected chi connectivity index (χ2v) is 5.09. The summed E-state index contributed by atoms with van der Waals surface area (Å²) in [5.74, 6) is 0.734. The molecule has 0 saturated heterocycles. The number of rotatable bonds is 6. The first-order valence-electron chi connectivity index (χ1n) is 7.16. The van der Waals surface area contributed by atoms with Crippen LogP contribution in [0.3, 0.4) is 0 Å². The van der Waals surface area contributed by atoms with Crippen molar-refractivity contribution in [2.24, 2.45) is 0 Å². The van der Waals surface area contributed by atoms with Crippen LogP contribution in [-0.4, -0.2) is 19.2 Å². The number of carbonyl (C=O) groups is 1. The average Bonchev–Trinajstić information content (AvgIpc) is 2.53. The van der Waals surface area contributed by atoms with Gasteiger partial charge in [0.15, 0.2) is 11.5 Å². The van der Waals surface area contributed by atoms with Crippen molar-refractivity contribution < 1.29 is 19.0 Å². The molecule has 2 aromatic carbocycles. The van der Waals surface area contributed by atoms with Crippen molar-refractivity contribution in [1.29, 1.82) is 0 Å². The molecule has 2 aromatic rings. The molecule has 4 heteroatoms. The molecule has 0 aliphatic rings. The molecule has 22 heavy (non-hydrogen) atoms. The molecule has 0 fully saturated rings. The van der Waals surface area contributed by atoms with Gasteiger partial charge in [-0.3, -0.25) is 0 Å². The molecule has 0 aliphatic heterocycles. The first-order chi connectivity index (χ1) is 10.6. The summed E-state index contributed by atoms with van der Waals surface area (Å²) in [5.41, 5.74) is 1.38. The highest BCUT2D eigenvalue weighted by atomic mass is 16.5. The summed E-state index contributed by atoms with van der Waals surface area (Å²) >= 11 is 0. The van der Waals surface area contributed by atoms with Crippen LogP contribution < -0.4 is 9.47 Å². The van der Waals surface area contributed by atoms with E-state index < -0.39 is 5.97 Å². The van der Waals surface area contributed by atoms with Crippen LogP contribution in [0.1, 0.15) is 29.8 Å². The maximum absolute atomic E-state index is 12.1. The number of esters is 1. The quantitative estimate of drug-likeness (QED) is 0.760. The van der Waals surface area contributed by atoms with Gasteiger partial charge in [0.05, 0.1) is 18.8 Å². The van der Waals surface area contributed by atoms with Gasteiger partial charge in [-0.25, -0.2) is 4.79 Å². The molecule has 2 rings (SSSR count). The molecule has 0 unspecified atom stereocenters. The highest BCUT2D eigenvalue weighted by Gasteiger charge is 2.13. The van der Waals surface area contributed by atoms with Gasteiger partial charge in [-0.05, 0) is 37.6 Å². The lowest BCUT2D eigenvalue weighted by atomic mass is 10.2. The van der Waals surface area contributed by atoms with Crippen LogP contribution >= 0.6 is 0 Å². The Labute approximate surface area is 130 Å². The number of hydrogen-bond donors (Lipinski definition) is 0. The van der Waals surface area contributed by atoms with E-state index in [1.165, 1.54) is 0 Å². The van der Waals surface area contributed by atoms with Gasteiger partial charge in [-0.15, -0.1) is 0 Å². The Balaban J connectivity index is 2.06. The van der Waals surface area contributed by atoms with Gasteiger partial charge in [-0.2, -0.15) is 0 Å². The Hall–Kier alpha value is -2.49. The summed E-state index contributed by atoms with van der Waals surface area (Å²) in [7, 11) is 1.54. The minimum atomic E-state index is -0.391. The van der Waals surface area contributed by atoms with E-state index in [2.05, 4.69) is 0 Å². The van der Waals surface area contributed by atoms with Gasteiger partial charge in [-0.1, -0.05) is 30.3 Å². The smallest absolute Gasteiger partial charge is 0.338 e. The fourth-order valence-corrected chi connectivity index (χ4v) is 1.95. The maximum atomic E-state index is 12.1. The Kier molecular flexibility index (Phi) is 5.42. The highest BCUT2D eigenvalue weighted by molar-refractivity contribution is 5.90. The number of hydrogen-bond acceptors (Lipinski definition) is 4. The van der Waals surface area contributed by atoms with Gasteiger partial charge in [0, 0.05) is 0 Å². The van der Waals surface area contributed by atoms with E-state index in [0.717, 1.165) is 5.56 Å². The van der Waals surface area contributed by atoms with Crippen LogP contribution in [-0.2, 0) is 11.3 Å². The molecule has 0 radical (unpaired) electrons. The van der Waals surface area contributed by atoms with Crippen LogP contribution in [0.2, 0.25) is 0 Å². The maximum Gasteiger partial charge on any atom is 0.338 e. The minimum Gasteiger partial charge on any atom is -0.493 e. The second-order valence-electron chi connectivity index (χ2n) is 5.09. The van der Waals surface area contributed by atoms with Crippen molar-refractivity contribution >= 4 is 5.97 Å². The molecule has 116 valence electrons. The predicted octanol–water partition coefficient (Wildman–Crippen LogP) is 3.84. The molecule has 0 heterocycles. The molecular weight excluding hydrogens is 280 g/mol. The summed E-state index contributed by atoms with van der Waals surface area (Å²) < 4.78 is 16.2. The number of ether oxygens (including phenoxy) is 3. The van der Waals surface area contributed by atoms with Crippen molar-refractivity contribution in [1.82, 2.24) is 0 Å². The van der Waals surface area contributed by atoms with Gasteiger partial charge in [0.25, 0.3) is 0 Å². The van der Waals surface area contributed by atoms with Crippen molar-refractivity contribution in [3.63, 3.8) is 0 Å². The van der Waals surface area contributed by atoms with Crippen LogP contribution in [0.4, 0.5) is 0 Å². The van der Waals surface area contributed by atoms with Crippen molar-refractivity contribution in [2.75, 3.05) is 7.11 Å². The fourth-order valence-electron chi connectivity index (χ4n) is 1.95. The Morgan fingerprint density at radius 3 is 2.41 bits per heavy atom. The summed E-state index contributed by atoms with van der Waals surface area (Å²) in [6, 6.07) is 14.6. The second kappa shape index (κ2) is 7.50. The Bertz CT molecular complexity index is 620. The van der Waals surface area contributed by atoms with Crippen LogP contribution in [0.25, 0.3) is 0 Å². The summed E-state index contributed by atoms with van der Waals surface area (Å²) in [6.45, 7) is 4.11. The van der Waals surface area contributed by atoms with E-state index in [1.807, 2.05) is 44.2 Å². The third-order valence-corrected chi connectivity index (χ3v) is 2.97. The molecule has 0 atom stereocenters. The summed E-state index contributed by atoms with van der Waals surface area (Å²) in [6.07, 6.45) is 0.0322. The molecule has 0 aromatic heterocycles. The van der Waals surface area contributed by atoms with Crippen molar-refractivity contribution in [3.05, 3.63) is 59.7 Å². The van der Waals surface area contributed by atoms with Crippen molar-refractivity contribution in [3.8, 4) is 11.5 Å². The molecular formula is C18H20O4. The lowest BCUT2D eigenvalue weighted by molar-refractivity contribution is 0.0472. The van der Waals surface area contributed by atoms with E-state index in [1.54, 1.807) is 25.3 Å². The number of carbonyl (C=O) groups excluding carboxylic acids is 1. The first-order valence-corrected chi connectivity index (χ1v) is 7.16. The molecule has 0 amide bonds. The normalized spacial score (nSPS) is 10.4. The standard InChI is InChI=1S/C18H20O4/c1-13(2)22-16-10-9-15(11-17(16)20-3)18(19)21-12-14-7-5-4-6-8-14/h4-11,13H,12H2,1-3H3. The lowest BCUT2D eigenvalue weighted by Gasteiger charge is -2.14. The average molecular weight is 300 g/mol. The van der Waals surface area contributed by atoms with E-state index in [4.69, 9.17) is 14.2 Å². The van der Waals surface area contributed by atoms with Gasteiger partial charge in [0.1, 0.15) is 6.61 Å². The van der Waals surface area contributed by atoms with E-state index >= 15 is 0 Å². The summed E-state index contributed by atoms with van der Waals surface area (Å²) in [4.78, 5) is 12.1. The molecule has 0 bridgehead atoms. The SMILES string of the molecule is COc1cc(C(=O)OCc2ccccc2)ccc1OC(C)C. The Morgan fingerprint density at radius 1 is 1.05 bits per heavy atom. The highest BCUT2D eigenvalue weighted by Crippen LogP contribution is 2.29. The third kappa shape index (κ3) is 4.25. The van der Waals surface area contributed by atoms with Gasteiger partial charge in [0.2, 0.25) is 0 Å². The molecule has 0 spiro atoms.